The molecule has 1 heterocycles. The number of rotatable bonds is 13. The molecule has 4 heteroatoms. The first-order valence-corrected chi connectivity index (χ1v) is 12.3. The van der Waals surface area contributed by atoms with E-state index < -0.39 is 6.10 Å². The van der Waals surface area contributed by atoms with Crippen LogP contribution in [-0.4, -0.2) is 46.1 Å². The highest BCUT2D eigenvalue weighted by molar-refractivity contribution is 6.07. The number of carbonyl (C=O) groups excluding carboxylic acids is 1. The van der Waals surface area contributed by atoms with Gasteiger partial charge in [-0.25, -0.2) is 0 Å². The lowest BCUT2D eigenvalue weighted by Crippen LogP contribution is -2.36. The van der Waals surface area contributed by atoms with Gasteiger partial charge in [0, 0.05) is 41.3 Å². The first kappa shape index (κ1) is 24.9. The first-order valence-electron chi connectivity index (χ1n) is 12.3. The van der Waals surface area contributed by atoms with Gasteiger partial charge >= 0.3 is 0 Å². The van der Waals surface area contributed by atoms with Crippen LogP contribution in [0, 0.1) is 6.92 Å². The monoisotopic (exact) mass is 446 g/mol. The van der Waals surface area contributed by atoms with Crippen LogP contribution in [0.1, 0.15) is 61.0 Å². The maximum Gasteiger partial charge on any atom is 0.185 e. The summed E-state index contributed by atoms with van der Waals surface area (Å²) in [7, 11) is 0. The molecule has 1 N–H and O–H groups in total. The van der Waals surface area contributed by atoms with Crippen molar-refractivity contribution in [1.29, 1.82) is 0 Å². The van der Waals surface area contributed by atoms with E-state index in [1.54, 1.807) is 6.08 Å². The van der Waals surface area contributed by atoms with Crippen molar-refractivity contribution in [3.8, 4) is 0 Å². The van der Waals surface area contributed by atoms with Crippen LogP contribution in [0.15, 0.2) is 60.8 Å². The van der Waals surface area contributed by atoms with Crippen molar-refractivity contribution in [2.45, 2.75) is 59.1 Å². The van der Waals surface area contributed by atoms with Crippen molar-refractivity contribution < 1.29 is 9.90 Å². The highest BCUT2D eigenvalue weighted by Gasteiger charge is 2.14. The fourth-order valence-electron chi connectivity index (χ4n) is 4.18. The van der Waals surface area contributed by atoms with E-state index in [1.165, 1.54) is 0 Å². The third-order valence-electron chi connectivity index (χ3n) is 6.10. The second-order valence-corrected chi connectivity index (χ2v) is 8.98. The number of carbonyl (C=O) groups is 1. The number of aliphatic hydroxyl groups is 1. The summed E-state index contributed by atoms with van der Waals surface area (Å²) in [5, 5.41) is 12.0. The van der Waals surface area contributed by atoms with Crippen LogP contribution in [0.25, 0.3) is 17.0 Å². The van der Waals surface area contributed by atoms with Gasteiger partial charge in [-0.15, -0.1) is 0 Å². The molecule has 0 amide bonds. The molecule has 1 atom stereocenters. The zero-order valence-electron chi connectivity index (χ0n) is 20.3. The number of benzene rings is 2. The standard InChI is InChI=1S/C29H38N2O2/c1-4-6-18-30(19-7-5-2)21-26(32)22-31-20-25(27-10-8-9-11-28(27)31)16-17-29(33)24-14-12-23(3)13-15-24/h8-17,20,26,32H,4-7,18-19,21-22H2,1-3H3/b17-16+/t26-/m1/s1. The molecule has 0 bridgehead atoms. The van der Waals surface area contributed by atoms with Crippen LogP contribution in [0.5, 0.6) is 0 Å². The molecule has 0 fully saturated rings. The predicted molar refractivity (Wildman–Crippen MR) is 139 cm³/mol. The van der Waals surface area contributed by atoms with Crippen LogP contribution in [-0.2, 0) is 6.54 Å². The quantitative estimate of drug-likeness (QED) is 0.254. The van der Waals surface area contributed by atoms with Crippen molar-refractivity contribution in [2.24, 2.45) is 0 Å². The third-order valence-corrected chi connectivity index (χ3v) is 6.10. The summed E-state index contributed by atoms with van der Waals surface area (Å²) < 4.78 is 2.12. The van der Waals surface area contributed by atoms with E-state index in [1.807, 2.05) is 49.4 Å². The van der Waals surface area contributed by atoms with Gasteiger partial charge in [-0.3, -0.25) is 4.79 Å². The number of hydrogen-bond donors (Lipinski definition) is 1. The van der Waals surface area contributed by atoms with Crippen LogP contribution in [0.4, 0.5) is 0 Å². The van der Waals surface area contributed by atoms with Gasteiger partial charge in [-0.2, -0.15) is 0 Å². The molecule has 176 valence electrons. The summed E-state index contributed by atoms with van der Waals surface area (Å²) in [5.74, 6) is -0.00523. The first-order chi connectivity index (χ1) is 16.0. The summed E-state index contributed by atoms with van der Waals surface area (Å²) in [5.41, 5.74) is 3.90. The van der Waals surface area contributed by atoms with Crippen LogP contribution in [0.2, 0.25) is 0 Å². The van der Waals surface area contributed by atoms with Gasteiger partial charge in [0.25, 0.3) is 0 Å². The van der Waals surface area contributed by atoms with E-state index >= 15 is 0 Å². The van der Waals surface area contributed by atoms with Crippen LogP contribution in [0.3, 0.4) is 0 Å². The minimum Gasteiger partial charge on any atom is -0.390 e. The smallest absolute Gasteiger partial charge is 0.185 e. The molecule has 0 saturated carbocycles. The second-order valence-electron chi connectivity index (χ2n) is 8.98. The number of para-hydroxylation sites is 1. The Hall–Kier alpha value is -2.69. The molecule has 0 unspecified atom stereocenters. The molecule has 2 aromatic carbocycles. The minimum atomic E-state index is -0.444. The minimum absolute atomic E-state index is 0.00523. The van der Waals surface area contributed by atoms with E-state index in [0.717, 1.165) is 60.8 Å². The highest BCUT2D eigenvalue weighted by atomic mass is 16.3. The lowest BCUT2D eigenvalue weighted by Gasteiger charge is -2.25. The summed E-state index contributed by atoms with van der Waals surface area (Å²) in [6.45, 7) is 9.72. The largest absolute Gasteiger partial charge is 0.390 e. The molecular weight excluding hydrogens is 408 g/mol. The molecule has 33 heavy (non-hydrogen) atoms. The highest BCUT2D eigenvalue weighted by Crippen LogP contribution is 2.23. The number of unbranched alkanes of at least 4 members (excludes halogenated alkanes) is 2. The average molecular weight is 447 g/mol. The number of hydrogen-bond acceptors (Lipinski definition) is 3. The Morgan fingerprint density at radius 1 is 1.03 bits per heavy atom. The second kappa shape index (κ2) is 12.5. The lowest BCUT2D eigenvalue weighted by atomic mass is 10.1. The summed E-state index contributed by atoms with van der Waals surface area (Å²) >= 11 is 0. The number of aryl methyl sites for hydroxylation is 1. The van der Waals surface area contributed by atoms with Crippen molar-refractivity contribution in [1.82, 2.24) is 9.47 Å². The fraction of sp³-hybridized carbons (Fsp3) is 0.414. The molecule has 1 aromatic heterocycles. The average Bonchev–Trinajstić information content (AvgIpc) is 3.17. The molecule has 0 aliphatic carbocycles. The number of aromatic nitrogens is 1. The molecular formula is C29H38N2O2. The van der Waals surface area contributed by atoms with Gasteiger partial charge in [0.2, 0.25) is 0 Å². The number of fused-ring (bicyclic) bond motifs is 1. The molecule has 0 aliphatic heterocycles. The molecule has 0 radical (unpaired) electrons. The van der Waals surface area contributed by atoms with Gasteiger partial charge in [-0.05, 0) is 51.1 Å². The number of nitrogens with zero attached hydrogens (tertiary/aromatic N) is 2. The third kappa shape index (κ3) is 7.15. The Labute approximate surface area is 198 Å². The molecule has 0 spiro atoms. The topological polar surface area (TPSA) is 45.5 Å². The Morgan fingerprint density at radius 3 is 2.36 bits per heavy atom. The SMILES string of the molecule is CCCCN(CCCC)C[C@@H](O)Cn1cc(/C=C/C(=O)c2ccc(C)cc2)c2ccccc21. The van der Waals surface area contributed by atoms with E-state index in [9.17, 15) is 9.90 Å². The zero-order valence-corrected chi connectivity index (χ0v) is 20.3. The number of ketones is 1. The van der Waals surface area contributed by atoms with E-state index in [-0.39, 0.29) is 5.78 Å². The lowest BCUT2D eigenvalue weighted by molar-refractivity contribution is 0.0973. The molecule has 0 saturated heterocycles. The van der Waals surface area contributed by atoms with E-state index in [0.29, 0.717) is 18.7 Å². The van der Waals surface area contributed by atoms with Crippen molar-refractivity contribution in [3.05, 3.63) is 77.5 Å². The number of aliphatic hydroxyl groups excluding tert-OH is 1. The zero-order chi connectivity index (χ0) is 23.6. The van der Waals surface area contributed by atoms with Crippen LogP contribution >= 0.6 is 0 Å². The van der Waals surface area contributed by atoms with Gasteiger partial charge in [0.05, 0.1) is 6.10 Å². The molecule has 0 aliphatic rings. The summed E-state index contributed by atoms with van der Waals surface area (Å²) in [6, 6.07) is 15.8. The van der Waals surface area contributed by atoms with Gasteiger partial charge in [-0.1, -0.05) is 74.7 Å². The fourth-order valence-corrected chi connectivity index (χ4v) is 4.18. The van der Waals surface area contributed by atoms with Crippen molar-refractivity contribution in [3.63, 3.8) is 0 Å². The Kier molecular flexibility index (Phi) is 9.47. The normalized spacial score (nSPS) is 12.8. The van der Waals surface area contributed by atoms with Crippen LogP contribution < -0.4 is 0 Å². The van der Waals surface area contributed by atoms with E-state index in [2.05, 4.69) is 41.6 Å². The van der Waals surface area contributed by atoms with Crippen molar-refractivity contribution in [2.75, 3.05) is 19.6 Å². The van der Waals surface area contributed by atoms with Gasteiger partial charge in [0.1, 0.15) is 0 Å². The molecule has 3 rings (SSSR count). The van der Waals surface area contributed by atoms with Gasteiger partial charge in [0.15, 0.2) is 5.78 Å². The molecule has 4 nitrogen and oxygen atoms in total. The predicted octanol–water partition coefficient (Wildman–Crippen LogP) is 6.11. The molecule has 3 aromatic rings. The summed E-state index contributed by atoms with van der Waals surface area (Å²) in [6.07, 6.45) is 9.79. The van der Waals surface area contributed by atoms with E-state index in [4.69, 9.17) is 0 Å². The Bertz CT molecular complexity index is 1040. The maximum absolute atomic E-state index is 12.6. The van der Waals surface area contributed by atoms with Crippen molar-refractivity contribution >= 4 is 22.8 Å². The Balaban J connectivity index is 1.74. The Morgan fingerprint density at radius 2 is 1.70 bits per heavy atom. The summed E-state index contributed by atoms with van der Waals surface area (Å²) in [4.78, 5) is 15.0. The maximum atomic E-state index is 12.6. The van der Waals surface area contributed by atoms with Gasteiger partial charge < -0.3 is 14.6 Å². The number of allylic oxidation sites excluding steroid dienone is 1.